The molecule has 0 saturated carbocycles. The van der Waals surface area contributed by atoms with Gasteiger partial charge in [0.2, 0.25) is 0 Å². The number of hydrogen-bond donors (Lipinski definition) is 1. The first-order chi connectivity index (χ1) is 9.19. The molecule has 0 aliphatic carbocycles. The number of rotatable bonds is 4. The van der Waals surface area contributed by atoms with E-state index in [9.17, 15) is 4.79 Å². The molecule has 0 spiro atoms. The van der Waals surface area contributed by atoms with Crippen LogP contribution in [-0.2, 0) is 13.0 Å². The molecule has 98 valence electrons. The minimum atomic E-state index is -0.197. The topological polar surface area (TPSA) is 67.8 Å². The maximum Gasteiger partial charge on any atom is 0.251 e. The van der Waals surface area contributed by atoms with Gasteiger partial charge in [0, 0.05) is 17.5 Å². The summed E-state index contributed by atoms with van der Waals surface area (Å²) in [5, 5.41) is 3.10. The standard InChI is InChI=1S/C13H13ClN4O/c1-2-10-5-9(6-12(14)18-10)13(19)16-7-11-3-4-15-8-17-11/h3-6,8H,2,7H2,1H3,(H,16,19). The van der Waals surface area contributed by atoms with Crippen LogP contribution in [0, 0.1) is 0 Å². The zero-order valence-electron chi connectivity index (χ0n) is 10.4. The molecule has 0 atom stereocenters. The quantitative estimate of drug-likeness (QED) is 0.868. The number of pyridine rings is 1. The molecule has 2 rings (SSSR count). The van der Waals surface area contributed by atoms with E-state index in [2.05, 4.69) is 20.3 Å². The van der Waals surface area contributed by atoms with Crippen molar-refractivity contribution in [3.63, 3.8) is 0 Å². The number of aromatic nitrogens is 3. The van der Waals surface area contributed by atoms with Crippen molar-refractivity contribution >= 4 is 17.5 Å². The summed E-state index contributed by atoms with van der Waals surface area (Å²) in [6.45, 7) is 2.31. The summed E-state index contributed by atoms with van der Waals surface area (Å²) >= 11 is 5.88. The highest BCUT2D eigenvalue weighted by Gasteiger charge is 2.08. The molecule has 5 nitrogen and oxygen atoms in total. The van der Waals surface area contributed by atoms with Gasteiger partial charge in [-0.2, -0.15) is 0 Å². The summed E-state index contributed by atoms with van der Waals surface area (Å²) in [7, 11) is 0. The molecule has 1 amide bonds. The van der Waals surface area contributed by atoms with E-state index < -0.39 is 0 Å². The molecule has 0 unspecified atom stereocenters. The zero-order valence-corrected chi connectivity index (χ0v) is 11.2. The number of halogens is 1. The Balaban J connectivity index is 2.06. The Kier molecular flexibility index (Phi) is 4.41. The summed E-state index contributed by atoms with van der Waals surface area (Å²) in [6.07, 6.45) is 3.81. The average Bonchev–Trinajstić information content (AvgIpc) is 2.45. The van der Waals surface area contributed by atoms with Crippen molar-refractivity contribution in [1.82, 2.24) is 20.3 Å². The number of nitrogens with zero attached hydrogens (tertiary/aromatic N) is 3. The van der Waals surface area contributed by atoms with Crippen molar-refractivity contribution < 1.29 is 4.79 Å². The fourth-order valence-electron chi connectivity index (χ4n) is 1.56. The van der Waals surface area contributed by atoms with Crippen LogP contribution in [0.3, 0.4) is 0 Å². The Bertz CT molecular complexity index is 574. The molecule has 2 aromatic heterocycles. The minimum absolute atomic E-state index is 0.197. The first kappa shape index (κ1) is 13.4. The predicted octanol–water partition coefficient (Wildman–Crippen LogP) is 2.02. The highest BCUT2D eigenvalue weighted by molar-refractivity contribution is 6.29. The number of hydrogen-bond acceptors (Lipinski definition) is 4. The molecule has 0 saturated heterocycles. The average molecular weight is 277 g/mol. The summed E-state index contributed by atoms with van der Waals surface area (Å²) < 4.78 is 0. The number of carbonyl (C=O) groups is 1. The van der Waals surface area contributed by atoms with Crippen LogP contribution in [0.1, 0.15) is 28.7 Å². The fourth-order valence-corrected chi connectivity index (χ4v) is 1.79. The van der Waals surface area contributed by atoms with Gasteiger partial charge in [-0.3, -0.25) is 4.79 Å². The smallest absolute Gasteiger partial charge is 0.251 e. The fraction of sp³-hybridized carbons (Fsp3) is 0.231. The summed E-state index contributed by atoms with van der Waals surface area (Å²) in [5.74, 6) is -0.197. The van der Waals surface area contributed by atoms with E-state index in [0.717, 1.165) is 17.8 Å². The summed E-state index contributed by atoms with van der Waals surface area (Å²) in [6, 6.07) is 5.04. The monoisotopic (exact) mass is 276 g/mol. The van der Waals surface area contributed by atoms with Crippen LogP contribution >= 0.6 is 11.6 Å². The van der Waals surface area contributed by atoms with Gasteiger partial charge in [0.05, 0.1) is 12.2 Å². The Hall–Kier alpha value is -2.01. The van der Waals surface area contributed by atoms with Crippen LogP contribution in [0.2, 0.25) is 5.15 Å². The van der Waals surface area contributed by atoms with Crippen LogP contribution < -0.4 is 5.32 Å². The zero-order chi connectivity index (χ0) is 13.7. The lowest BCUT2D eigenvalue weighted by Crippen LogP contribution is -2.23. The Labute approximate surface area is 116 Å². The van der Waals surface area contributed by atoms with Gasteiger partial charge in [0.1, 0.15) is 11.5 Å². The molecule has 1 N–H and O–H groups in total. The molecule has 19 heavy (non-hydrogen) atoms. The van der Waals surface area contributed by atoms with Gasteiger partial charge < -0.3 is 5.32 Å². The van der Waals surface area contributed by atoms with Gasteiger partial charge in [-0.15, -0.1) is 0 Å². The minimum Gasteiger partial charge on any atom is -0.346 e. The number of nitrogens with one attached hydrogen (secondary N) is 1. The van der Waals surface area contributed by atoms with E-state index in [1.807, 2.05) is 6.92 Å². The Morgan fingerprint density at radius 3 is 2.89 bits per heavy atom. The first-order valence-corrected chi connectivity index (χ1v) is 6.26. The van der Waals surface area contributed by atoms with Crippen LogP contribution in [0.25, 0.3) is 0 Å². The van der Waals surface area contributed by atoms with Crippen LogP contribution in [0.15, 0.2) is 30.7 Å². The van der Waals surface area contributed by atoms with E-state index >= 15 is 0 Å². The maximum atomic E-state index is 12.0. The van der Waals surface area contributed by atoms with Crippen molar-refractivity contribution in [3.05, 3.63) is 52.8 Å². The SMILES string of the molecule is CCc1cc(C(=O)NCc2ccncn2)cc(Cl)n1. The molecule has 0 radical (unpaired) electrons. The Morgan fingerprint density at radius 2 is 2.21 bits per heavy atom. The molecule has 0 fully saturated rings. The van der Waals surface area contributed by atoms with Crippen molar-refractivity contribution in [3.8, 4) is 0 Å². The first-order valence-electron chi connectivity index (χ1n) is 5.88. The second-order valence-electron chi connectivity index (χ2n) is 3.91. The van der Waals surface area contributed by atoms with Crippen molar-refractivity contribution in [1.29, 1.82) is 0 Å². The molecule has 6 heteroatoms. The molecule has 0 bridgehead atoms. The third kappa shape index (κ3) is 3.72. The molecule has 0 aliphatic rings. The second-order valence-corrected chi connectivity index (χ2v) is 4.29. The van der Waals surface area contributed by atoms with E-state index in [4.69, 9.17) is 11.6 Å². The summed E-state index contributed by atoms with van der Waals surface area (Å²) in [5.41, 5.74) is 2.05. The van der Waals surface area contributed by atoms with E-state index in [-0.39, 0.29) is 5.91 Å². The lowest BCUT2D eigenvalue weighted by atomic mass is 10.2. The molecular weight excluding hydrogens is 264 g/mol. The second kappa shape index (κ2) is 6.24. The van der Waals surface area contributed by atoms with Crippen LogP contribution in [0.5, 0.6) is 0 Å². The lowest BCUT2D eigenvalue weighted by Gasteiger charge is -2.06. The van der Waals surface area contributed by atoms with Crippen molar-refractivity contribution in [2.75, 3.05) is 0 Å². The van der Waals surface area contributed by atoms with Gasteiger partial charge in [-0.25, -0.2) is 15.0 Å². The maximum absolute atomic E-state index is 12.0. The Morgan fingerprint density at radius 1 is 1.37 bits per heavy atom. The van der Waals surface area contributed by atoms with Gasteiger partial charge >= 0.3 is 0 Å². The predicted molar refractivity (Wildman–Crippen MR) is 71.8 cm³/mol. The molecule has 2 heterocycles. The lowest BCUT2D eigenvalue weighted by molar-refractivity contribution is 0.0950. The van der Waals surface area contributed by atoms with E-state index in [0.29, 0.717) is 17.3 Å². The normalized spacial score (nSPS) is 10.2. The van der Waals surface area contributed by atoms with E-state index in [1.54, 1.807) is 24.4 Å². The largest absolute Gasteiger partial charge is 0.346 e. The van der Waals surface area contributed by atoms with Gasteiger partial charge in [0.25, 0.3) is 5.91 Å². The highest BCUT2D eigenvalue weighted by Crippen LogP contribution is 2.11. The molecular formula is C13H13ClN4O. The van der Waals surface area contributed by atoms with Crippen LogP contribution in [-0.4, -0.2) is 20.9 Å². The third-order valence-corrected chi connectivity index (χ3v) is 2.74. The van der Waals surface area contributed by atoms with Crippen molar-refractivity contribution in [2.24, 2.45) is 0 Å². The molecule has 2 aromatic rings. The number of aryl methyl sites for hydroxylation is 1. The number of amides is 1. The van der Waals surface area contributed by atoms with Crippen LogP contribution in [0.4, 0.5) is 0 Å². The van der Waals surface area contributed by atoms with Gasteiger partial charge in [-0.05, 0) is 24.6 Å². The number of carbonyl (C=O) groups excluding carboxylic acids is 1. The third-order valence-electron chi connectivity index (χ3n) is 2.54. The highest BCUT2D eigenvalue weighted by atomic mass is 35.5. The van der Waals surface area contributed by atoms with E-state index in [1.165, 1.54) is 6.33 Å². The molecule has 0 aliphatic heterocycles. The molecule has 0 aromatic carbocycles. The van der Waals surface area contributed by atoms with Gasteiger partial charge in [0.15, 0.2) is 0 Å². The summed E-state index contributed by atoms with van der Waals surface area (Å²) in [4.78, 5) is 24.0. The van der Waals surface area contributed by atoms with Gasteiger partial charge in [-0.1, -0.05) is 18.5 Å². The van der Waals surface area contributed by atoms with Crippen molar-refractivity contribution in [2.45, 2.75) is 19.9 Å².